The maximum absolute atomic E-state index is 4.77. The molecule has 2 aromatic heterocycles. The van der Waals surface area contributed by atoms with E-state index in [0.29, 0.717) is 0 Å². The fourth-order valence-corrected chi connectivity index (χ4v) is 3.22. The lowest BCUT2D eigenvalue weighted by molar-refractivity contribution is 0.247. The summed E-state index contributed by atoms with van der Waals surface area (Å²) in [6.07, 6.45) is 6.41. The van der Waals surface area contributed by atoms with Gasteiger partial charge in [-0.15, -0.1) is 0 Å². The molecule has 0 atom stereocenters. The Morgan fingerprint density at radius 1 is 1.00 bits per heavy atom. The second-order valence-corrected chi connectivity index (χ2v) is 6.33. The summed E-state index contributed by atoms with van der Waals surface area (Å²) in [6.45, 7) is 8.38. The molecule has 2 aliphatic rings. The fourth-order valence-electron chi connectivity index (χ4n) is 3.22. The zero-order chi connectivity index (χ0) is 15.1. The molecule has 2 fully saturated rings. The first-order valence-electron chi connectivity index (χ1n) is 8.05. The summed E-state index contributed by atoms with van der Waals surface area (Å²) in [7, 11) is 0. The highest BCUT2D eigenvalue weighted by Crippen LogP contribution is 2.28. The lowest BCUT2D eigenvalue weighted by Crippen LogP contribution is -2.47. The second-order valence-electron chi connectivity index (χ2n) is 6.33. The van der Waals surface area contributed by atoms with Gasteiger partial charge in [-0.05, 0) is 32.8 Å². The van der Waals surface area contributed by atoms with Crippen molar-refractivity contribution in [2.75, 3.05) is 31.1 Å². The number of nitrogens with zero attached hydrogens (tertiary/aromatic N) is 6. The van der Waals surface area contributed by atoms with Crippen molar-refractivity contribution in [1.29, 1.82) is 0 Å². The van der Waals surface area contributed by atoms with E-state index in [2.05, 4.69) is 25.9 Å². The lowest BCUT2D eigenvalue weighted by Gasteiger charge is -2.35. The van der Waals surface area contributed by atoms with Crippen LogP contribution in [-0.2, 0) is 0 Å². The summed E-state index contributed by atoms with van der Waals surface area (Å²) in [5.41, 5.74) is 2.09. The van der Waals surface area contributed by atoms with Gasteiger partial charge in [0.05, 0.1) is 18.1 Å². The highest BCUT2D eigenvalue weighted by atomic mass is 15.4. The van der Waals surface area contributed by atoms with Crippen molar-refractivity contribution in [3.05, 3.63) is 29.8 Å². The SMILES string of the molecule is Cc1cc(C)n(-c2cncc(N3CCN(C4CC4)CC3)n2)n1. The van der Waals surface area contributed by atoms with Gasteiger partial charge in [0.1, 0.15) is 5.82 Å². The second kappa shape index (κ2) is 5.35. The van der Waals surface area contributed by atoms with Gasteiger partial charge < -0.3 is 4.90 Å². The van der Waals surface area contributed by atoms with Gasteiger partial charge in [-0.2, -0.15) is 5.10 Å². The Bertz CT molecular complexity index is 667. The Morgan fingerprint density at radius 3 is 2.36 bits per heavy atom. The summed E-state index contributed by atoms with van der Waals surface area (Å²) in [5, 5.41) is 4.50. The molecule has 1 saturated carbocycles. The third-order valence-corrected chi connectivity index (χ3v) is 4.54. The Hall–Kier alpha value is -1.95. The average molecular weight is 298 g/mol. The highest BCUT2D eigenvalue weighted by Gasteiger charge is 2.31. The molecular formula is C16H22N6. The van der Waals surface area contributed by atoms with Crippen LogP contribution >= 0.6 is 0 Å². The zero-order valence-electron chi connectivity index (χ0n) is 13.2. The molecule has 0 amide bonds. The van der Waals surface area contributed by atoms with Crippen LogP contribution in [0.15, 0.2) is 18.5 Å². The molecule has 1 aliphatic carbocycles. The van der Waals surface area contributed by atoms with Crippen molar-refractivity contribution in [2.24, 2.45) is 0 Å². The topological polar surface area (TPSA) is 50.1 Å². The van der Waals surface area contributed by atoms with Gasteiger partial charge in [0.15, 0.2) is 5.82 Å². The maximum Gasteiger partial charge on any atom is 0.174 e. The number of rotatable bonds is 3. The largest absolute Gasteiger partial charge is 0.353 e. The van der Waals surface area contributed by atoms with Crippen molar-refractivity contribution in [2.45, 2.75) is 32.7 Å². The predicted molar refractivity (Wildman–Crippen MR) is 85.4 cm³/mol. The molecule has 0 spiro atoms. The molecule has 3 heterocycles. The van der Waals surface area contributed by atoms with Gasteiger partial charge in [0.2, 0.25) is 0 Å². The smallest absolute Gasteiger partial charge is 0.174 e. The van der Waals surface area contributed by atoms with Crippen LogP contribution in [0.2, 0.25) is 0 Å². The monoisotopic (exact) mass is 298 g/mol. The fraction of sp³-hybridized carbons (Fsp3) is 0.562. The van der Waals surface area contributed by atoms with E-state index in [1.807, 2.05) is 24.7 Å². The summed E-state index contributed by atoms with van der Waals surface area (Å²) in [6, 6.07) is 2.91. The van der Waals surface area contributed by atoms with Gasteiger partial charge >= 0.3 is 0 Å². The van der Waals surface area contributed by atoms with Crippen molar-refractivity contribution < 1.29 is 0 Å². The van der Waals surface area contributed by atoms with Crippen molar-refractivity contribution in [3.8, 4) is 5.82 Å². The van der Waals surface area contributed by atoms with Gasteiger partial charge in [0, 0.05) is 37.9 Å². The van der Waals surface area contributed by atoms with Crippen LogP contribution < -0.4 is 4.90 Å². The van der Waals surface area contributed by atoms with Gasteiger partial charge in [-0.3, -0.25) is 9.88 Å². The van der Waals surface area contributed by atoms with Crippen LogP contribution in [0.4, 0.5) is 5.82 Å². The molecule has 116 valence electrons. The van der Waals surface area contributed by atoms with Crippen LogP contribution in [0.25, 0.3) is 5.82 Å². The third kappa shape index (κ3) is 2.59. The first kappa shape index (κ1) is 13.7. The van der Waals surface area contributed by atoms with Gasteiger partial charge in [0.25, 0.3) is 0 Å². The number of hydrogen-bond donors (Lipinski definition) is 0. The van der Waals surface area contributed by atoms with Crippen LogP contribution in [0.5, 0.6) is 0 Å². The van der Waals surface area contributed by atoms with Gasteiger partial charge in [-0.25, -0.2) is 9.67 Å². The summed E-state index contributed by atoms with van der Waals surface area (Å²) in [5.74, 6) is 1.76. The van der Waals surface area contributed by atoms with Crippen LogP contribution in [0.3, 0.4) is 0 Å². The van der Waals surface area contributed by atoms with Crippen molar-refractivity contribution in [1.82, 2.24) is 24.6 Å². The van der Waals surface area contributed by atoms with E-state index in [4.69, 9.17) is 4.98 Å². The minimum atomic E-state index is 0.799. The number of hydrogen-bond acceptors (Lipinski definition) is 5. The molecule has 1 saturated heterocycles. The molecule has 6 nitrogen and oxygen atoms in total. The molecule has 22 heavy (non-hydrogen) atoms. The van der Waals surface area contributed by atoms with E-state index in [1.165, 1.54) is 12.8 Å². The summed E-state index contributed by atoms with van der Waals surface area (Å²) < 4.78 is 1.87. The molecule has 6 heteroatoms. The minimum absolute atomic E-state index is 0.799. The number of anilines is 1. The number of piperazine rings is 1. The Labute approximate surface area is 130 Å². The zero-order valence-corrected chi connectivity index (χ0v) is 13.2. The van der Waals surface area contributed by atoms with E-state index in [9.17, 15) is 0 Å². The van der Waals surface area contributed by atoms with E-state index in [1.54, 1.807) is 6.20 Å². The van der Waals surface area contributed by atoms with Crippen molar-refractivity contribution in [3.63, 3.8) is 0 Å². The van der Waals surface area contributed by atoms with Crippen LogP contribution in [0, 0.1) is 13.8 Å². The standard InChI is InChI=1S/C16H22N6/c1-12-9-13(2)22(19-12)16-11-17-10-15(18-16)21-7-5-20(6-8-21)14-3-4-14/h9-11,14H,3-8H2,1-2H3. The quantitative estimate of drug-likeness (QED) is 0.861. The first-order valence-corrected chi connectivity index (χ1v) is 8.05. The minimum Gasteiger partial charge on any atom is -0.353 e. The Balaban J connectivity index is 1.53. The molecule has 0 aromatic carbocycles. The average Bonchev–Trinajstić information content (AvgIpc) is 3.33. The van der Waals surface area contributed by atoms with Crippen LogP contribution in [0.1, 0.15) is 24.2 Å². The van der Waals surface area contributed by atoms with Gasteiger partial charge in [-0.1, -0.05) is 0 Å². The molecular weight excluding hydrogens is 276 g/mol. The normalized spacial score (nSPS) is 19.6. The first-order chi connectivity index (χ1) is 10.7. The predicted octanol–water partition coefficient (Wildman–Crippen LogP) is 1.56. The van der Waals surface area contributed by atoms with E-state index < -0.39 is 0 Å². The van der Waals surface area contributed by atoms with E-state index in [-0.39, 0.29) is 0 Å². The molecule has 1 aliphatic heterocycles. The summed E-state index contributed by atoms with van der Waals surface area (Å²) >= 11 is 0. The molecule has 0 radical (unpaired) electrons. The maximum atomic E-state index is 4.77. The Kier molecular flexibility index (Phi) is 3.33. The Morgan fingerprint density at radius 2 is 1.73 bits per heavy atom. The third-order valence-electron chi connectivity index (χ3n) is 4.54. The number of aryl methyl sites for hydroxylation is 2. The van der Waals surface area contributed by atoms with Crippen molar-refractivity contribution >= 4 is 5.82 Å². The lowest BCUT2D eigenvalue weighted by atomic mass is 10.3. The number of aromatic nitrogens is 4. The highest BCUT2D eigenvalue weighted by molar-refractivity contribution is 5.40. The molecule has 2 aromatic rings. The molecule has 0 bridgehead atoms. The molecule has 0 unspecified atom stereocenters. The molecule has 0 N–H and O–H groups in total. The van der Waals surface area contributed by atoms with E-state index in [0.717, 1.165) is 55.2 Å². The van der Waals surface area contributed by atoms with E-state index >= 15 is 0 Å². The molecule has 4 rings (SSSR count). The van der Waals surface area contributed by atoms with Crippen LogP contribution in [-0.4, -0.2) is 56.9 Å². The summed E-state index contributed by atoms with van der Waals surface area (Å²) in [4.78, 5) is 14.1.